The third-order valence-electron chi connectivity index (χ3n) is 3.18. The molecule has 2 aromatic carbocycles. The van der Waals surface area contributed by atoms with E-state index in [0.29, 0.717) is 22.9 Å². The van der Waals surface area contributed by atoms with Crippen LogP contribution >= 0.6 is 0 Å². The molecule has 1 amide bonds. The van der Waals surface area contributed by atoms with Crippen LogP contribution in [-0.4, -0.2) is 19.6 Å². The summed E-state index contributed by atoms with van der Waals surface area (Å²) in [6, 6.07) is 12.7. The maximum absolute atomic E-state index is 12.0. The van der Waals surface area contributed by atoms with Gasteiger partial charge in [-0.15, -0.1) is 0 Å². The van der Waals surface area contributed by atoms with Crippen molar-refractivity contribution in [1.82, 2.24) is 0 Å². The van der Waals surface area contributed by atoms with Gasteiger partial charge in [0.1, 0.15) is 11.5 Å². The zero-order chi connectivity index (χ0) is 15.9. The standard InChI is InChI=1S/C17H20N2O3/c1-3-12-5-4-6-14(9-12)22-11-17(20)19-15-8-7-13(18)10-16(15)21-2/h4-10H,3,11,18H2,1-2H3,(H,19,20). The summed E-state index contributed by atoms with van der Waals surface area (Å²) in [6.45, 7) is 2.00. The molecule has 5 nitrogen and oxygen atoms in total. The van der Waals surface area contributed by atoms with Crippen LogP contribution in [0.1, 0.15) is 12.5 Å². The number of carbonyl (C=O) groups excluding carboxylic acids is 1. The molecule has 0 fully saturated rings. The van der Waals surface area contributed by atoms with Crippen molar-refractivity contribution in [2.24, 2.45) is 0 Å². The Morgan fingerprint density at radius 2 is 2.05 bits per heavy atom. The number of carbonyl (C=O) groups is 1. The predicted octanol–water partition coefficient (Wildman–Crippen LogP) is 2.86. The monoisotopic (exact) mass is 300 g/mol. The van der Waals surface area contributed by atoms with Crippen molar-refractivity contribution in [3.63, 3.8) is 0 Å². The number of rotatable bonds is 6. The molecule has 0 unspecified atom stereocenters. The van der Waals surface area contributed by atoms with Gasteiger partial charge in [0, 0.05) is 11.8 Å². The van der Waals surface area contributed by atoms with Crippen molar-refractivity contribution in [3.05, 3.63) is 48.0 Å². The normalized spacial score (nSPS) is 10.1. The highest BCUT2D eigenvalue weighted by Crippen LogP contribution is 2.26. The van der Waals surface area contributed by atoms with E-state index in [1.165, 1.54) is 7.11 Å². The van der Waals surface area contributed by atoms with Gasteiger partial charge in [-0.05, 0) is 36.2 Å². The molecule has 0 saturated heterocycles. The van der Waals surface area contributed by atoms with Crippen LogP contribution in [0.15, 0.2) is 42.5 Å². The summed E-state index contributed by atoms with van der Waals surface area (Å²) in [5.74, 6) is 0.935. The molecule has 22 heavy (non-hydrogen) atoms. The van der Waals surface area contributed by atoms with Gasteiger partial charge in [-0.2, -0.15) is 0 Å². The van der Waals surface area contributed by atoms with Crippen molar-refractivity contribution < 1.29 is 14.3 Å². The molecule has 0 aliphatic heterocycles. The summed E-state index contributed by atoms with van der Waals surface area (Å²) in [6.07, 6.45) is 0.923. The summed E-state index contributed by atoms with van der Waals surface area (Å²) in [5.41, 5.74) is 7.98. The minimum atomic E-state index is -0.259. The highest BCUT2D eigenvalue weighted by atomic mass is 16.5. The molecule has 0 bridgehead atoms. The molecule has 0 aromatic heterocycles. The number of aryl methyl sites for hydroxylation is 1. The smallest absolute Gasteiger partial charge is 0.262 e. The van der Waals surface area contributed by atoms with Crippen LogP contribution in [0.3, 0.4) is 0 Å². The highest BCUT2D eigenvalue weighted by Gasteiger charge is 2.08. The summed E-state index contributed by atoms with van der Waals surface area (Å²) >= 11 is 0. The Labute approximate surface area is 130 Å². The summed E-state index contributed by atoms with van der Waals surface area (Å²) in [7, 11) is 1.52. The molecule has 0 aliphatic carbocycles. The first-order chi connectivity index (χ1) is 10.6. The van der Waals surface area contributed by atoms with Crippen molar-refractivity contribution in [2.75, 3.05) is 24.8 Å². The molecule has 0 atom stereocenters. The first kappa shape index (κ1) is 15.7. The Hall–Kier alpha value is -2.69. The van der Waals surface area contributed by atoms with Gasteiger partial charge in [0.15, 0.2) is 6.61 Å². The Morgan fingerprint density at radius 3 is 2.77 bits per heavy atom. The third kappa shape index (κ3) is 4.15. The average molecular weight is 300 g/mol. The zero-order valence-electron chi connectivity index (χ0n) is 12.8. The van der Waals surface area contributed by atoms with Crippen LogP contribution in [-0.2, 0) is 11.2 Å². The first-order valence-electron chi connectivity index (χ1n) is 7.07. The summed E-state index contributed by atoms with van der Waals surface area (Å²) < 4.78 is 10.7. The fraction of sp³-hybridized carbons (Fsp3) is 0.235. The Kier molecular flexibility index (Phi) is 5.25. The van der Waals surface area contributed by atoms with Crippen molar-refractivity contribution in [3.8, 4) is 11.5 Å². The van der Waals surface area contributed by atoms with Crippen molar-refractivity contribution in [2.45, 2.75) is 13.3 Å². The van der Waals surface area contributed by atoms with Crippen LogP contribution in [0.5, 0.6) is 11.5 Å². The predicted molar refractivity (Wildman–Crippen MR) is 87.4 cm³/mol. The fourth-order valence-electron chi connectivity index (χ4n) is 2.00. The molecule has 0 aliphatic rings. The Morgan fingerprint density at radius 1 is 1.23 bits per heavy atom. The van der Waals surface area contributed by atoms with Crippen LogP contribution in [0.4, 0.5) is 11.4 Å². The van der Waals surface area contributed by atoms with Crippen LogP contribution in [0, 0.1) is 0 Å². The molecule has 5 heteroatoms. The number of nitrogen functional groups attached to an aromatic ring is 1. The van der Waals surface area contributed by atoms with Gasteiger partial charge in [-0.3, -0.25) is 4.79 Å². The van der Waals surface area contributed by atoms with E-state index in [2.05, 4.69) is 12.2 Å². The van der Waals surface area contributed by atoms with Crippen molar-refractivity contribution >= 4 is 17.3 Å². The molecule has 2 aromatic rings. The van der Waals surface area contributed by atoms with Gasteiger partial charge in [-0.1, -0.05) is 19.1 Å². The van der Waals surface area contributed by atoms with E-state index in [-0.39, 0.29) is 12.5 Å². The number of anilines is 2. The van der Waals surface area contributed by atoms with Crippen LogP contribution < -0.4 is 20.5 Å². The lowest BCUT2D eigenvalue weighted by Gasteiger charge is -2.11. The number of amides is 1. The third-order valence-corrected chi connectivity index (χ3v) is 3.18. The molecular weight excluding hydrogens is 280 g/mol. The lowest BCUT2D eigenvalue weighted by Crippen LogP contribution is -2.20. The zero-order valence-corrected chi connectivity index (χ0v) is 12.8. The maximum atomic E-state index is 12.0. The van der Waals surface area contributed by atoms with E-state index in [0.717, 1.165) is 12.0 Å². The van der Waals surface area contributed by atoms with Crippen LogP contribution in [0.25, 0.3) is 0 Å². The molecule has 0 radical (unpaired) electrons. The van der Waals surface area contributed by atoms with E-state index in [1.54, 1.807) is 18.2 Å². The van der Waals surface area contributed by atoms with Gasteiger partial charge in [0.05, 0.1) is 12.8 Å². The average Bonchev–Trinajstić information content (AvgIpc) is 2.54. The van der Waals surface area contributed by atoms with E-state index in [9.17, 15) is 4.79 Å². The van der Waals surface area contributed by atoms with E-state index >= 15 is 0 Å². The van der Waals surface area contributed by atoms with Gasteiger partial charge in [0.2, 0.25) is 0 Å². The lowest BCUT2D eigenvalue weighted by molar-refractivity contribution is -0.118. The van der Waals surface area contributed by atoms with E-state index in [1.807, 2.05) is 24.3 Å². The van der Waals surface area contributed by atoms with Gasteiger partial charge < -0.3 is 20.5 Å². The molecular formula is C17H20N2O3. The number of hydrogen-bond donors (Lipinski definition) is 2. The number of nitrogens with one attached hydrogen (secondary N) is 1. The Balaban J connectivity index is 1.95. The van der Waals surface area contributed by atoms with Gasteiger partial charge in [-0.25, -0.2) is 0 Å². The molecule has 0 saturated carbocycles. The summed E-state index contributed by atoms with van der Waals surface area (Å²) in [4.78, 5) is 12.0. The molecule has 3 N–H and O–H groups in total. The highest BCUT2D eigenvalue weighted by molar-refractivity contribution is 5.93. The Bertz CT molecular complexity index is 656. The first-order valence-corrected chi connectivity index (χ1v) is 7.07. The van der Waals surface area contributed by atoms with Crippen LogP contribution in [0.2, 0.25) is 0 Å². The number of benzene rings is 2. The second-order valence-electron chi connectivity index (χ2n) is 4.80. The minimum absolute atomic E-state index is 0.0688. The number of ether oxygens (including phenoxy) is 2. The molecule has 0 heterocycles. The van der Waals surface area contributed by atoms with Gasteiger partial charge >= 0.3 is 0 Å². The molecule has 116 valence electrons. The number of methoxy groups -OCH3 is 1. The topological polar surface area (TPSA) is 73.6 Å². The minimum Gasteiger partial charge on any atom is -0.494 e. The largest absolute Gasteiger partial charge is 0.494 e. The second kappa shape index (κ2) is 7.36. The number of nitrogens with two attached hydrogens (primary N) is 1. The molecule has 2 rings (SSSR count). The lowest BCUT2D eigenvalue weighted by atomic mass is 10.2. The quantitative estimate of drug-likeness (QED) is 0.805. The van der Waals surface area contributed by atoms with Gasteiger partial charge in [0.25, 0.3) is 5.91 Å². The fourth-order valence-corrected chi connectivity index (χ4v) is 2.00. The van der Waals surface area contributed by atoms with E-state index < -0.39 is 0 Å². The van der Waals surface area contributed by atoms with E-state index in [4.69, 9.17) is 15.2 Å². The van der Waals surface area contributed by atoms with Crippen molar-refractivity contribution in [1.29, 1.82) is 0 Å². The molecule has 0 spiro atoms. The second-order valence-corrected chi connectivity index (χ2v) is 4.80. The maximum Gasteiger partial charge on any atom is 0.262 e. The summed E-state index contributed by atoms with van der Waals surface area (Å²) in [5, 5.41) is 2.74. The SMILES string of the molecule is CCc1cccc(OCC(=O)Nc2ccc(N)cc2OC)c1. The number of hydrogen-bond acceptors (Lipinski definition) is 4.